The van der Waals surface area contributed by atoms with Crippen LogP contribution < -0.4 is 15.8 Å². The van der Waals surface area contributed by atoms with Gasteiger partial charge in [0.15, 0.2) is 6.61 Å². The zero-order chi connectivity index (χ0) is 16.1. The molecule has 2 aromatic rings. The minimum atomic E-state index is -0.601. The van der Waals surface area contributed by atoms with Crippen molar-refractivity contribution in [3.05, 3.63) is 51.6 Å². The van der Waals surface area contributed by atoms with Crippen LogP contribution in [0.4, 0.5) is 5.82 Å². The molecule has 0 atom stereocenters. The van der Waals surface area contributed by atoms with Crippen molar-refractivity contribution in [2.75, 3.05) is 11.9 Å². The maximum Gasteiger partial charge on any atom is 0.263 e. The average Bonchev–Trinajstić information content (AvgIpc) is 2.46. The second-order valence-electron chi connectivity index (χ2n) is 4.21. The van der Waals surface area contributed by atoms with Gasteiger partial charge in [-0.3, -0.25) is 9.59 Å². The monoisotopic (exact) mass is 383 g/mol. The molecule has 3 N–H and O–H groups in total. The van der Waals surface area contributed by atoms with E-state index in [2.05, 4.69) is 26.2 Å². The standard InChI is InChI=1S/C14H11BrClN3O3/c15-9-1-2-11(10(16)6-9)22-7-13(20)19-12-5-8(14(17)21)3-4-18-12/h1-6H,7H2,(H2,17,21)(H,18,19,20). The molecule has 22 heavy (non-hydrogen) atoms. The summed E-state index contributed by atoms with van der Waals surface area (Å²) in [6.45, 7) is -0.246. The van der Waals surface area contributed by atoms with Gasteiger partial charge in [0.25, 0.3) is 5.91 Å². The van der Waals surface area contributed by atoms with Crippen LogP contribution in [0, 0.1) is 0 Å². The number of pyridine rings is 1. The lowest BCUT2D eigenvalue weighted by molar-refractivity contribution is -0.118. The van der Waals surface area contributed by atoms with E-state index in [1.165, 1.54) is 18.3 Å². The molecule has 8 heteroatoms. The van der Waals surface area contributed by atoms with E-state index >= 15 is 0 Å². The van der Waals surface area contributed by atoms with Crippen LogP contribution in [0.25, 0.3) is 0 Å². The summed E-state index contributed by atoms with van der Waals surface area (Å²) in [6.07, 6.45) is 1.38. The second kappa shape index (κ2) is 7.24. The number of primary amides is 1. The van der Waals surface area contributed by atoms with Gasteiger partial charge < -0.3 is 15.8 Å². The second-order valence-corrected chi connectivity index (χ2v) is 5.53. The molecule has 2 rings (SSSR count). The number of carbonyl (C=O) groups excluding carboxylic acids is 2. The van der Waals surface area contributed by atoms with E-state index in [1.54, 1.807) is 18.2 Å². The van der Waals surface area contributed by atoms with Crippen molar-refractivity contribution in [3.8, 4) is 5.75 Å². The first-order valence-electron chi connectivity index (χ1n) is 6.09. The van der Waals surface area contributed by atoms with Gasteiger partial charge in [0.1, 0.15) is 11.6 Å². The third-order valence-electron chi connectivity index (χ3n) is 2.56. The predicted octanol–water partition coefficient (Wildman–Crippen LogP) is 2.61. The number of anilines is 1. The van der Waals surface area contributed by atoms with Crippen molar-refractivity contribution in [3.63, 3.8) is 0 Å². The van der Waals surface area contributed by atoms with Crippen LogP contribution >= 0.6 is 27.5 Å². The lowest BCUT2D eigenvalue weighted by Crippen LogP contribution is -2.21. The van der Waals surface area contributed by atoms with Crippen LogP contribution in [-0.4, -0.2) is 23.4 Å². The van der Waals surface area contributed by atoms with E-state index in [9.17, 15) is 9.59 Å². The Bertz CT molecular complexity index is 724. The highest BCUT2D eigenvalue weighted by Gasteiger charge is 2.09. The first kappa shape index (κ1) is 16.3. The Kier molecular flexibility index (Phi) is 5.35. The van der Waals surface area contributed by atoms with Gasteiger partial charge in [0, 0.05) is 16.2 Å². The van der Waals surface area contributed by atoms with Gasteiger partial charge in [-0.05, 0) is 30.3 Å². The predicted molar refractivity (Wildman–Crippen MR) is 86.0 cm³/mol. The number of nitrogens with zero attached hydrogens (tertiary/aromatic N) is 1. The van der Waals surface area contributed by atoms with Gasteiger partial charge >= 0.3 is 0 Å². The fourth-order valence-electron chi connectivity index (χ4n) is 1.57. The molecule has 114 valence electrons. The summed E-state index contributed by atoms with van der Waals surface area (Å²) in [5.41, 5.74) is 5.41. The number of aromatic nitrogens is 1. The summed E-state index contributed by atoms with van der Waals surface area (Å²) in [4.78, 5) is 26.8. The summed E-state index contributed by atoms with van der Waals surface area (Å²) in [6, 6.07) is 7.89. The Morgan fingerprint density at radius 3 is 2.77 bits per heavy atom. The minimum absolute atomic E-state index is 0.215. The lowest BCUT2D eigenvalue weighted by atomic mass is 10.2. The van der Waals surface area contributed by atoms with E-state index in [1.807, 2.05) is 0 Å². The van der Waals surface area contributed by atoms with Crippen LogP contribution in [0.2, 0.25) is 5.02 Å². The minimum Gasteiger partial charge on any atom is -0.482 e. The quantitative estimate of drug-likeness (QED) is 0.828. The summed E-state index contributed by atoms with van der Waals surface area (Å²) < 4.78 is 6.13. The lowest BCUT2D eigenvalue weighted by Gasteiger charge is -2.09. The average molecular weight is 385 g/mol. The largest absolute Gasteiger partial charge is 0.482 e. The van der Waals surface area contributed by atoms with Gasteiger partial charge in [-0.25, -0.2) is 4.98 Å². The molecule has 2 amide bonds. The number of hydrogen-bond acceptors (Lipinski definition) is 4. The summed E-state index contributed by atoms with van der Waals surface area (Å²) >= 11 is 9.25. The molecule has 0 fully saturated rings. The Morgan fingerprint density at radius 2 is 2.09 bits per heavy atom. The first-order chi connectivity index (χ1) is 10.5. The normalized spacial score (nSPS) is 10.1. The number of benzene rings is 1. The highest BCUT2D eigenvalue weighted by Crippen LogP contribution is 2.27. The molecule has 0 saturated heterocycles. The van der Waals surface area contributed by atoms with Crippen molar-refractivity contribution < 1.29 is 14.3 Å². The SMILES string of the molecule is NC(=O)c1ccnc(NC(=O)COc2ccc(Br)cc2Cl)c1. The molecule has 0 saturated carbocycles. The fourth-order valence-corrected chi connectivity index (χ4v) is 2.29. The van der Waals surface area contributed by atoms with Gasteiger partial charge in [-0.15, -0.1) is 0 Å². The molecule has 0 bridgehead atoms. The van der Waals surface area contributed by atoms with Crippen molar-refractivity contribution in [1.29, 1.82) is 0 Å². The topological polar surface area (TPSA) is 94.3 Å². The van der Waals surface area contributed by atoms with Crippen LogP contribution in [0.5, 0.6) is 5.75 Å². The highest BCUT2D eigenvalue weighted by atomic mass is 79.9. The maximum absolute atomic E-state index is 11.8. The summed E-state index contributed by atoms with van der Waals surface area (Å²) in [5.74, 6) is -0.436. The van der Waals surface area contributed by atoms with Crippen molar-refractivity contribution in [1.82, 2.24) is 4.98 Å². The van der Waals surface area contributed by atoms with Crippen molar-refractivity contribution in [2.24, 2.45) is 5.73 Å². The van der Waals surface area contributed by atoms with Gasteiger partial charge in [0.2, 0.25) is 5.91 Å². The van der Waals surface area contributed by atoms with E-state index < -0.39 is 11.8 Å². The molecular weight excluding hydrogens is 374 g/mol. The molecule has 1 aromatic heterocycles. The summed E-state index contributed by atoms with van der Waals surface area (Å²) in [5, 5.41) is 2.89. The number of nitrogens with one attached hydrogen (secondary N) is 1. The fraction of sp³-hybridized carbons (Fsp3) is 0.0714. The zero-order valence-electron chi connectivity index (χ0n) is 11.2. The maximum atomic E-state index is 11.8. The van der Waals surface area contributed by atoms with Crippen molar-refractivity contribution in [2.45, 2.75) is 0 Å². The number of amides is 2. The molecule has 0 aliphatic carbocycles. The number of hydrogen-bond donors (Lipinski definition) is 2. The molecule has 0 radical (unpaired) electrons. The Morgan fingerprint density at radius 1 is 1.32 bits per heavy atom. The molecule has 6 nitrogen and oxygen atoms in total. The molecule has 0 aliphatic rings. The molecule has 0 aliphatic heterocycles. The molecule has 1 aromatic carbocycles. The third-order valence-corrected chi connectivity index (χ3v) is 3.35. The third kappa shape index (κ3) is 4.44. The van der Waals surface area contributed by atoms with Crippen LogP contribution in [0.1, 0.15) is 10.4 Å². The van der Waals surface area contributed by atoms with Gasteiger partial charge in [-0.2, -0.15) is 0 Å². The molecule has 0 unspecified atom stereocenters. The van der Waals surface area contributed by atoms with Crippen LogP contribution in [-0.2, 0) is 4.79 Å². The number of halogens is 2. The van der Waals surface area contributed by atoms with Crippen molar-refractivity contribution >= 4 is 45.2 Å². The van der Waals surface area contributed by atoms with Gasteiger partial charge in [0.05, 0.1) is 5.02 Å². The number of carbonyl (C=O) groups is 2. The van der Waals surface area contributed by atoms with Crippen LogP contribution in [0.3, 0.4) is 0 Å². The highest BCUT2D eigenvalue weighted by molar-refractivity contribution is 9.10. The zero-order valence-corrected chi connectivity index (χ0v) is 13.5. The number of ether oxygens (including phenoxy) is 1. The van der Waals surface area contributed by atoms with E-state index in [0.717, 1.165) is 4.47 Å². The van der Waals surface area contributed by atoms with Gasteiger partial charge in [-0.1, -0.05) is 27.5 Å². The van der Waals surface area contributed by atoms with E-state index in [-0.39, 0.29) is 18.0 Å². The van der Waals surface area contributed by atoms with E-state index in [4.69, 9.17) is 22.1 Å². The number of rotatable bonds is 5. The molecule has 1 heterocycles. The summed E-state index contributed by atoms with van der Waals surface area (Å²) in [7, 11) is 0. The number of nitrogens with two attached hydrogens (primary N) is 1. The van der Waals surface area contributed by atoms with E-state index in [0.29, 0.717) is 10.8 Å². The Labute approximate surface area is 139 Å². The first-order valence-corrected chi connectivity index (χ1v) is 7.26. The van der Waals surface area contributed by atoms with Crippen LogP contribution in [0.15, 0.2) is 41.0 Å². The molecule has 0 spiro atoms. The smallest absolute Gasteiger partial charge is 0.263 e. The molecular formula is C14H11BrClN3O3. The Balaban J connectivity index is 1.95. The Hall–Kier alpha value is -2.12.